The van der Waals surface area contributed by atoms with Crippen molar-refractivity contribution in [1.82, 2.24) is 5.16 Å². The molecule has 0 saturated carbocycles. The highest BCUT2D eigenvalue weighted by molar-refractivity contribution is 6.32. The maximum absolute atomic E-state index is 11.0. The van der Waals surface area contributed by atoms with Crippen LogP contribution in [0.5, 0.6) is 11.5 Å². The monoisotopic (exact) mass is 325 g/mol. The van der Waals surface area contributed by atoms with Crippen LogP contribution < -0.4 is 9.47 Å². The topological polar surface area (TPSA) is 81.8 Å². The van der Waals surface area contributed by atoms with E-state index in [-0.39, 0.29) is 11.7 Å². The van der Waals surface area contributed by atoms with E-state index in [1.807, 2.05) is 13.8 Å². The summed E-state index contributed by atoms with van der Waals surface area (Å²) in [6.45, 7) is 3.96. The Morgan fingerprint density at radius 3 is 2.36 bits per heavy atom. The van der Waals surface area contributed by atoms with Crippen LogP contribution in [0, 0.1) is 0 Å². The Labute approximate surface area is 132 Å². The van der Waals surface area contributed by atoms with Crippen molar-refractivity contribution in [3.8, 4) is 22.8 Å². The van der Waals surface area contributed by atoms with E-state index >= 15 is 0 Å². The summed E-state index contributed by atoms with van der Waals surface area (Å²) in [5, 5.41) is 13.1. The number of hydrogen-bond donors (Lipinski definition) is 1. The number of aromatic nitrogens is 1. The van der Waals surface area contributed by atoms with Crippen LogP contribution in [-0.2, 0) is 0 Å². The molecule has 7 heteroatoms. The molecular formula is C15H16ClNO5. The number of ether oxygens (including phenoxy) is 2. The third-order valence-electron chi connectivity index (χ3n) is 3.21. The van der Waals surface area contributed by atoms with Crippen molar-refractivity contribution in [3.05, 3.63) is 28.5 Å². The molecule has 0 atom stereocenters. The van der Waals surface area contributed by atoms with Gasteiger partial charge in [0.2, 0.25) is 5.76 Å². The summed E-state index contributed by atoms with van der Waals surface area (Å²) in [4.78, 5) is 11.0. The molecule has 0 amide bonds. The van der Waals surface area contributed by atoms with Crippen LogP contribution in [0.3, 0.4) is 0 Å². The Balaban J connectivity index is 2.73. The minimum atomic E-state index is -1.18. The lowest BCUT2D eigenvalue weighted by atomic mass is 9.93. The van der Waals surface area contributed by atoms with Crippen LogP contribution in [0.2, 0.25) is 5.02 Å². The molecule has 2 rings (SSSR count). The van der Waals surface area contributed by atoms with Crippen molar-refractivity contribution in [3.63, 3.8) is 0 Å². The van der Waals surface area contributed by atoms with Crippen LogP contribution >= 0.6 is 11.6 Å². The zero-order valence-electron chi connectivity index (χ0n) is 12.6. The SMILES string of the molecule is COc1c(Cl)cc(-c2cc(C(=O)O)on2)c(C(C)C)c1OC. The summed E-state index contributed by atoms with van der Waals surface area (Å²) in [5.41, 5.74) is 1.84. The molecule has 0 saturated heterocycles. The average Bonchev–Trinajstić information content (AvgIpc) is 2.95. The average molecular weight is 326 g/mol. The molecule has 1 N–H and O–H groups in total. The number of methoxy groups -OCH3 is 2. The largest absolute Gasteiger partial charge is 0.492 e. The first kappa shape index (κ1) is 16.2. The summed E-state index contributed by atoms with van der Waals surface area (Å²) in [6, 6.07) is 3.02. The van der Waals surface area contributed by atoms with Crippen molar-refractivity contribution in [2.24, 2.45) is 0 Å². The van der Waals surface area contributed by atoms with Crippen LogP contribution in [-0.4, -0.2) is 30.5 Å². The molecule has 1 aromatic heterocycles. The van der Waals surface area contributed by atoms with Gasteiger partial charge in [0.05, 0.1) is 19.2 Å². The van der Waals surface area contributed by atoms with Crippen LogP contribution in [0.25, 0.3) is 11.3 Å². The van der Waals surface area contributed by atoms with E-state index < -0.39 is 5.97 Å². The number of carbonyl (C=O) groups is 1. The lowest BCUT2D eigenvalue weighted by molar-refractivity contribution is 0.0652. The van der Waals surface area contributed by atoms with E-state index in [0.29, 0.717) is 27.8 Å². The van der Waals surface area contributed by atoms with Crippen molar-refractivity contribution < 1.29 is 23.9 Å². The molecule has 0 aliphatic carbocycles. The third-order valence-corrected chi connectivity index (χ3v) is 3.49. The van der Waals surface area contributed by atoms with Crippen LogP contribution in [0.1, 0.15) is 35.9 Å². The van der Waals surface area contributed by atoms with Crippen molar-refractivity contribution in [2.75, 3.05) is 14.2 Å². The number of halogens is 1. The molecule has 2 aromatic rings. The minimum absolute atomic E-state index is 0.0705. The molecule has 1 heterocycles. The van der Waals surface area contributed by atoms with Crippen molar-refractivity contribution >= 4 is 17.6 Å². The van der Waals surface area contributed by atoms with Gasteiger partial charge in [-0.05, 0) is 12.0 Å². The van der Waals surface area contributed by atoms with E-state index in [1.54, 1.807) is 6.07 Å². The lowest BCUT2D eigenvalue weighted by Gasteiger charge is -2.19. The maximum atomic E-state index is 11.0. The lowest BCUT2D eigenvalue weighted by Crippen LogP contribution is -2.01. The van der Waals surface area contributed by atoms with Gasteiger partial charge < -0.3 is 19.1 Å². The first-order chi connectivity index (χ1) is 10.4. The van der Waals surface area contributed by atoms with Crippen LogP contribution in [0.4, 0.5) is 0 Å². The highest BCUT2D eigenvalue weighted by Gasteiger charge is 2.24. The van der Waals surface area contributed by atoms with E-state index in [1.165, 1.54) is 20.3 Å². The molecule has 0 unspecified atom stereocenters. The predicted molar refractivity (Wildman–Crippen MR) is 81.1 cm³/mol. The second kappa shape index (κ2) is 6.27. The number of rotatable bonds is 5. The molecule has 6 nitrogen and oxygen atoms in total. The Hall–Kier alpha value is -2.21. The smallest absolute Gasteiger partial charge is 0.374 e. The van der Waals surface area contributed by atoms with E-state index in [0.717, 1.165) is 5.56 Å². The first-order valence-electron chi connectivity index (χ1n) is 6.55. The molecule has 0 bridgehead atoms. The zero-order chi connectivity index (χ0) is 16.4. The number of aromatic carboxylic acids is 1. The molecule has 118 valence electrons. The maximum Gasteiger partial charge on any atom is 0.374 e. The predicted octanol–water partition coefficient (Wildman–Crippen LogP) is 3.83. The fraction of sp³-hybridized carbons (Fsp3) is 0.333. The number of carboxylic acids is 1. The molecule has 0 aliphatic rings. The van der Waals surface area contributed by atoms with E-state index in [4.69, 9.17) is 30.7 Å². The Kier molecular flexibility index (Phi) is 4.61. The second-order valence-electron chi connectivity index (χ2n) is 4.92. The van der Waals surface area contributed by atoms with Gasteiger partial charge in [0.1, 0.15) is 5.69 Å². The number of hydrogen-bond acceptors (Lipinski definition) is 5. The highest BCUT2D eigenvalue weighted by Crippen LogP contribution is 2.46. The van der Waals surface area contributed by atoms with Gasteiger partial charge in [-0.1, -0.05) is 30.6 Å². The first-order valence-corrected chi connectivity index (χ1v) is 6.93. The second-order valence-corrected chi connectivity index (χ2v) is 5.33. The molecule has 1 aromatic carbocycles. The standard InChI is InChI=1S/C15H16ClNO5/c1-7(2)12-8(10-6-11(15(18)19)22-17-10)5-9(16)13(20-3)14(12)21-4/h5-7H,1-4H3,(H,18,19). The third kappa shape index (κ3) is 2.74. The fourth-order valence-corrected chi connectivity index (χ4v) is 2.58. The molecule has 0 spiro atoms. The highest BCUT2D eigenvalue weighted by atomic mass is 35.5. The van der Waals surface area contributed by atoms with Gasteiger partial charge in [0.15, 0.2) is 11.5 Å². The molecular weight excluding hydrogens is 310 g/mol. The number of nitrogens with zero attached hydrogens (tertiary/aromatic N) is 1. The van der Waals surface area contributed by atoms with Gasteiger partial charge in [0.25, 0.3) is 0 Å². The van der Waals surface area contributed by atoms with Crippen molar-refractivity contribution in [1.29, 1.82) is 0 Å². The summed E-state index contributed by atoms with van der Waals surface area (Å²) in [7, 11) is 3.03. The normalized spacial score (nSPS) is 10.8. The van der Waals surface area contributed by atoms with Gasteiger partial charge in [-0.2, -0.15) is 0 Å². The summed E-state index contributed by atoms with van der Waals surface area (Å²) >= 11 is 6.23. The molecule has 22 heavy (non-hydrogen) atoms. The van der Waals surface area contributed by atoms with Crippen molar-refractivity contribution in [2.45, 2.75) is 19.8 Å². The van der Waals surface area contributed by atoms with Gasteiger partial charge in [-0.3, -0.25) is 0 Å². The van der Waals surface area contributed by atoms with Gasteiger partial charge >= 0.3 is 5.97 Å². The Bertz CT molecular complexity index is 708. The van der Waals surface area contributed by atoms with Gasteiger partial charge in [-0.15, -0.1) is 0 Å². The van der Waals surface area contributed by atoms with E-state index in [9.17, 15) is 4.79 Å². The van der Waals surface area contributed by atoms with Gasteiger partial charge in [-0.25, -0.2) is 4.79 Å². The summed E-state index contributed by atoms with van der Waals surface area (Å²) in [5.74, 6) is -0.424. The molecule has 0 fully saturated rings. The summed E-state index contributed by atoms with van der Waals surface area (Å²) in [6.07, 6.45) is 0. The van der Waals surface area contributed by atoms with Crippen LogP contribution in [0.15, 0.2) is 16.7 Å². The van der Waals surface area contributed by atoms with E-state index in [2.05, 4.69) is 5.16 Å². The quantitative estimate of drug-likeness (QED) is 0.899. The Morgan fingerprint density at radius 2 is 1.91 bits per heavy atom. The Morgan fingerprint density at radius 1 is 1.27 bits per heavy atom. The number of carboxylic acid groups (broad SMARTS) is 1. The molecule has 0 aliphatic heterocycles. The van der Waals surface area contributed by atoms with Gasteiger partial charge in [0, 0.05) is 17.2 Å². The number of benzene rings is 1. The fourth-order valence-electron chi connectivity index (χ4n) is 2.30. The minimum Gasteiger partial charge on any atom is -0.492 e. The summed E-state index contributed by atoms with van der Waals surface area (Å²) < 4.78 is 15.6. The molecule has 0 radical (unpaired) electrons. The zero-order valence-corrected chi connectivity index (χ0v) is 13.4.